The van der Waals surface area contributed by atoms with Crippen molar-refractivity contribution in [2.45, 2.75) is 53.6 Å². The van der Waals surface area contributed by atoms with E-state index in [0.717, 1.165) is 19.5 Å². The molecule has 0 saturated carbocycles. The van der Waals surface area contributed by atoms with E-state index in [1.165, 1.54) is 0 Å². The van der Waals surface area contributed by atoms with E-state index >= 15 is 0 Å². The van der Waals surface area contributed by atoms with Gasteiger partial charge in [-0.1, -0.05) is 13.8 Å². The lowest BCUT2D eigenvalue weighted by molar-refractivity contribution is 0.0515. The van der Waals surface area contributed by atoms with Crippen LogP contribution in [-0.2, 0) is 4.74 Å². The van der Waals surface area contributed by atoms with Crippen LogP contribution in [0.25, 0.3) is 0 Å². The first-order valence-electron chi connectivity index (χ1n) is 7.33. The maximum Gasteiger partial charge on any atom is 0.407 e. The lowest BCUT2D eigenvalue weighted by Crippen LogP contribution is -2.39. The third kappa shape index (κ3) is 10.7. The SMILES string of the molecule is CC#CCCNCC(CNC(=O)OC(C)(C)C)C(C)C. The van der Waals surface area contributed by atoms with Crippen LogP contribution in [0.1, 0.15) is 48.0 Å². The largest absolute Gasteiger partial charge is 0.444 e. The molecular weight excluding hydrogens is 252 g/mol. The third-order valence-electron chi connectivity index (χ3n) is 2.86. The molecule has 1 unspecified atom stereocenters. The van der Waals surface area contributed by atoms with Crippen LogP contribution in [0.3, 0.4) is 0 Å². The van der Waals surface area contributed by atoms with E-state index in [9.17, 15) is 4.79 Å². The molecule has 2 N–H and O–H groups in total. The number of amides is 1. The minimum Gasteiger partial charge on any atom is -0.444 e. The summed E-state index contributed by atoms with van der Waals surface area (Å²) in [4.78, 5) is 11.6. The molecule has 0 radical (unpaired) electrons. The number of ether oxygens (including phenoxy) is 1. The van der Waals surface area contributed by atoms with Gasteiger partial charge >= 0.3 is 6.09 Å². The molecule has 1 amide bonds. The summed E-state index contributed by atoms with van der Waals surface area (Å²) >= 11 is 0. The van der Waals surface area contributed by atoms with Gasteiger partial charge in [0.1, 0.15) is 5.60 Å². The lowest BCUT2D eigenvalue weighted by atomic mass is 9.96. The molecule has 0 aliphatic rings. The Balaban J connectivity index is 4.01. The maximum absolute atomic E-state index is 11.6. The summed E-state index contributed by atoms with van der Waals surface area (Å²) in [5.74, 6) is 6.78. The van der Waals surface area contributed by atoms with E-state index in [4.69, 9.17) is 4.74 Å². The molecule has 20 heavy (non-hydrogen) atoms. The fourth-order valence-electron chi connectivity index (χ4n) is 1.64. The fraction of sp³-hybridized carbons (Fsp3) is 0.812. The van der Waals surface area contributed by atoms with Gasteiger partial charge in [0.25, 0.3) is 0 Å². The van der Waals surface area contributed by atoms with E-state index in [1.807, 2.05) is 27.7 Å². The van der Waals surface area contributed by atoms with Crippen molar-refractivity contribution in [3.05, 3.63) is 0 Å². The maximum atomic E-state index is 11.6. The van der Waals surface area contributed by atoms with Gasteiger partial charge in [-0.3, -0.25) is 0 Å². The van der Waals surface area contributed by atoms with Gasteiger partial charge in [-0.25, -0.2) is 4.79 Å². The molecule has 0 spiro atoms. The van der Waals surface area contributed by atoms with Crippen LogP contribution in [0.2, 0.25) is 0 Å². The normalized spacial score (nSPS) is 12.6. The molecule has 4 nitrogen and oxygen atoms in total. The van der Waals surface area contributed by atoms with E-state index in [1.54, 1.807) is 0 Å². The summed E-state index contributed by atoms with van der Waals surface area (Å²) in [6.45, 7) is 14.1. The van der Waals surface area contributed by atoms with Crippen LogP contribution in [0.5, 0.6) is 0 Å². The van der Waals surface area contributed by atoms with Crippen LogP contribution in [0.4, 0.5) is 4.79 Å². The minimum atomic E-state index is -0.450. The van der Waals surface area contributed by atoms with Crippen molar-refractivity contribution < 1.29 is 9.53 Å². The zero-order chi connectivity index (χ0) is 15.6. The first kappa shape index (κ1) is 18.8. The summed E-state index contributed by atoms with van der Waals surface area (Å²) in [5, 5.41) is 6.22. The molecule has 0 aliphatic carbocycles. The van der Waals surface area contributed by atoms with Gasteiger partial charge in [-0.2, -0.15) is 0 Å². The summed E-state index contributed by atoms with van der Waals surface area (Å²) in [6, 6.07) is 0. The van der Waals surface area contributed by atoms with Crippen molar-refractivity contribution in [3.8, 4) is 11.8 Å². The molecule has 0 bridgehead atoms. The van der Waals surface area contributed by atoms with Gasteiger partial charge in [0, 0.05) is 19.5 Å². The third-order valence-corrected chi connectivity index (χ3v) is 2.86. The molecule has 1 atom stereocenters. The standard InChI is InChI=1S/C16H30N2O2/c1-7-8-9-10-17-11-14(13(2)3)12-18-15(19)20-16(4,5)6/h13-14,17H,9-12H2,1-6H3,(H,18,19). The Kier molecular flexibility index (Phi) is 9.07. The Morgan fingerprint density at radius 2 is 1.90 bits per heavy atom. The highest BCUT2D eigenvalue weighted by Crippen LogP contribution is 2.10. The van der Waals surface area contributed by atoms with Crippen molar-refractivity contribution in [2.24, 2.45) is 11.8 Å². The molecule has 116 valence electrons. The first-order valence-corrected chi connectivity index (χ1v) is 7.33. The van der Waals surface area contributed by atoms with Crippen LogP contribution in [0.15, 0.2) is 0 Å². The zero-order valence-corrected chi connectivity index (χ0v) is 13.8. The average molecular weight is 282 g/mol. The second-order valence-electron chi connectivity index (χ2n) is 6.27. The molecule has 0 aromatic carbocycles. The molecule has 0 saturated heterocycles. The van der Waals surface area contributed by atoms with Gasteiger partial charge in [0.15, 0.2) is 0 Å². The van der Waals surface area contributed by atoms with E-state index < -0.39 is 5.60 Å². The Labute approximate surface area is 124 Å². The van der Waals surface area contributed by atoms with Gasteiger partial charge in [0.2, 0.25) is 0 Å². The summed E-state index contributed by atoms with van der Waals surface area (Å²) in [5.41, 5.74) is -0.450. The smallest absolute Gasteiger partial charge is 0.407 e. The van der Waals surface area contributed by atoms with Gasteiger partial charge < -0.3 is 15.4 Å². The van der Waals surface area contributed by atoms with Crippen molar-refractivity contribution in [1.29, 1.82) is 0 Å². The summed E-state index contributed by atoms with van der Waals surface area (Å²) in [7, 11) is 0. The Morgan fingerprint density at radius 1 is 1.25 bits per heavy atom. The Bertz CT molecular complexity index is 335. The molecule has 0 aromatic rings. The van der Waals surface area contributed by atoms with Crippen molar-refractivity contribution in [1.82, 2.24) is 10.6 Å². The molecule has 0 aromatic heterocycles. The number of hydrogen-bond donors (Lipinski definition) is 2. The van der Waals surface area contributed by atoms with Crippen LogP contribution in [-0.4, -0.2) is 31.3 Å². The van der Waals surface area contributed by atoms with Gasteiger partial charge in [-0.05, 0) is 46.1 Å². The Morgan fingerprint density at radius 3 is 2.40 bits per heavy atom. The highest BCUT2D eigenvalue weighted by Gasteiger charge is 2.18. The van der Waals surface area contributed by atoms with E-state index in [0.29, 0.717) is 18.4 Å². The zero-order valence-electron chi connectivity index (χ0n) is 13.8. The molecule has 0 aliphatic heterocycles. The van der Waals surface area contributed by atoms with Crippen LogP contribution in [0, 0.1) is 23.7 Å². The second kappa shape index (κ2) is 9.66. The molecule has 4 heteroatoms. The summed E-state index contributed by atoms with van der Waals surface area (Å²) < 4.78 is 5.24. The number of carbonyl (C=O) groups is 1. The molecule has 0 fully saturated rings. The number of carbonyl (C=O) groups excluding carboxylic acids is 1. The van der Waals surface area contributed by atoms with Crippen molar-refractivity contribution >= 4 is 6.09 Å². The minimum absolute atomic E-state index is 0.347. The highest BCUT2D eigenvalue weighted by molar-refractivity contribution is 5.67. The fourth-order valence-corrected chi connectivity index (χ4v) is 1.64. The van der Waals surface area contributed by atoms with Gasteiger partial charge in [0.05, 0.1) is 0 Å². The number of rotatable bonds is 7. The molecular formula is C16H30N2O2. The first-order chi connectivity index (χ1) is 9.26. The van der Waals surface area contributed by atoms with Gasteiger partial charge in [-0.15, -0.1) is 11.8 Å². The number of hydrogen-bond acceptors (Lipinski definition) is 3. The second-order valence-corrected chi connectivity index (χ2v) is 6.27. The molecule has 0 rings (SSSR count). The topological polar surface area (TPSA) is 50.4 Å². The molecule has 0 heterocycles. The number of alkyl carbamates (subject to hydrolysis) is 1. The predicted octanol–water partition coefficient (Wildman–Crippen LogP) is 2.79. The van der Waals surface area contributed by atoms with E-state index in [2.05, 4.69) is 36.3 Å². The van der Waals surface area contributed by atoms with Crippen LogP contribution < -0.4 is 10.6 Å². The van der Waals surface area contributed by atoms with Crippen molar-refractivity contribution in [2.75, 3.05) is 19.6 Å². The van der Waals surface area contributed by atoms with Crippen LogP contribution >= 0.6 is 0 Å². The Hall–Kier alpha value is -1.21. The quantitative estimate of drug-likeness (QED) is 0.557. The predicted molar refractivity (Wildman–Crippen MR) is 83.5 cm³/mol. The highest BCUT2D eigenvalue weighted by atomic mass is 16.6. The summed E-state index contributed by atoms with van der Waals surface area (Å²) in [6.07, 6.45) is 0.515. The monoisotopic (exact) mass is 282 g/mol. The number of nitrogens with one attached hydrogen (secondary N) is 2. The van der Waals surface area contributed by atoms with E-state index in [-0.39, 0.29) is 6.09 Å². The van der Waals surface area contributed by atoms with Crippen molar-refractivity contribution in [3.63, 3.8) is 0 Å². The lowest BCUT2D eigenvalue weighted by Gasteiger charge is -2.24. The average Bonchev–Trinajstić information content (AvgIpc) is 2.29.